The molecule has 0 bridgehead atoms. The molecule has 0 saturated heterocycles. The average molecular weight is 236 g/mol. The van der Waals surface area contributed by atoms with E-state index in [1.165, 1.54) is 50.6 Å². The Morgan fingerprint density at radius 2 is 1.76 bits per heavy atom. The number of hydrogen-bond acceptors (Lipinski definition) is 2. The number of nitrogens with zero attached hydrogens (tertiary/aromatic N) is 1. The van der Waals surface area contributed by atoms with Crippen molar-refractivity contribution < 1.29 is 0 Å². The summed E-state index contributed by atoms with van der Waals surface area (Å²) in [6.45, 7) is 6.61. The number of rotatable bonds is 4. The first-order chi connectivity index (χ1) is 8.09. The van der Waals surface area contributed by atoms with Gasteiger partial charge < -0.3 is 10.6 Å². The van der Waals surface area contributed by atoms with Gasteiger partial charge in [0.05, 0.1) is 0 Å². The number of nitrogens with two attached hydrogens (primary N) is 1. The lowest BCUT2D eigenvalue weighted by molar-refractivity contribution is 0.172. The fraction of sp³-hybridized carbons (Fsp3) is 0.867. The zero-order valence-electron chi connectivity index (χ0n) is 11.5. The van der Waals surface area contributed by atoms with E-state index in [2.05, 4.69) is 25.5 Å². The van der Waals surface area contributed by atoms with Crippen molar-refractivity contribution in [2.24, 2.45) is 17.6 Å². The first kappa shape index (κ1) is 12.9. The van der Waals surface area contributed by atoms with Crippen LogP contribution in [0.1, 0.15) is 51.9 Å². The molecule has 0 aliphatic heterocycles. The Morgan fingerprint density at radius 3 is 2.24 bits per heavy atom. The Hall–Kier alpha value is -0.500. The maximum absolute atomic E-state index is 6.41. The van der Waals surface area contributed by atoms with E-state index in [1.54, 1.807) is 0 Å². The molecule has 0 amide bonds. The van der Waals surface area contributed by atoms with Crippen LogP contribution in [0.25, 0.3) is 0 Å². The second-order valence-corrected chi connectivity index (χ2v) is 6.23. The van der Waals surface area contributed by atoms with E-state index in [0.29, 0.717) is 5.92 Å². The normalized spacial score (nSPS) is 31.7. The molecule has 2 aliphatic carbocycles. The maximum Gasteiger partial charge on any atom is 0.0469 e. The Morgan fingerprint density at radius 1 is 1.18 bits per heavy atom. The highest BCUT2D eigenvalue weighted by molar-refractivity contribution is 5.08. The van der Waals surface area contributed by atoms with E-state index in [1.807, 2.05) is 0 Å². The quantitative estimate of drug-likeness (QED) is 0.812. The fourth-order valence-electron chi connectivity index (χ4n) is 3.16. The molecule has 0 spiro atoms. The van der Waals surface area contributed by atoms with E-state index in [0.717, 1.165) is 12.0 Å². The van der Waals surface area contributed by atoms with Crippen molar-refractivity contribution in [3.63, 3.8) is 0 Å². The van der Waals surface area contributed by atoms with Crippen LogP contribution >= 0.6 is 0 Å². The van der Waals surface area contributed by atoms with Gasteiger partial charge in [0.25, 0.3) is 0 Å². The van der Waals surface area contributed by atoms with E-state index in [4.69, 9.17) is 5.73 Å². The number of hydrogen-bond donors (Lipinski definition) is 1. The molecule has 2 N–H and O–H groups in total. The highest BCUT2D eigenvalue weighted by Crippen LogP contribution is 2.34. The molecule has 0 heterocycles. The minimum atomic E-state index is 0.188. The van der Waals surface area contributed by atoms with Gasteiger partial charge in [0.2, 0.25) is 0 Å². The van der Waals surface area contributed by atoms with Crippen molar-refractivity contribution >= 4 is 0 Å². The summed E-state index contributed by atoms with van der Waals surface area (Å²) in [7, 11) is 2.18. The molecule has 17 heavy (non-hydrogen) atoms. The Kier molecular flexibility index (Phi) is 4.13. The first-order valence-corrected chi connectivity index (χ1v) is 7.26. The second kappa shape index (κ2) is 5.43. The van der Waals surface area contributed by atoms with Gasteiger partial charge >= 0.3 is 0 Å². The minimum Gasteiger partial charge on any atom is -0.374 e. The van der Waals surface area contributed by atoms with Crippen LogP contribution in [0.2, 0.25) is 0 Å². The molecule has 0 unspecified atom stereocenters. The van der Waals surface area contributed by atoms with Crippen molar-refractivity contribution in [1.82, 2.24) is 4.90 Å². The lowest BCUT2D eigenvalue weighted by atomic mass is 9.78. The van der Waals surface area contributed by atoms with Crippen LogP contribution in [-0.4, -0.2) is 24.0 Å². The predicted molar refractivity (Wildman–Crippen MR) is 73.6 cm³/mol. The van der Waals surface area contributed by atoms with Crippen molar-refractivity contribution in [1.29, 1.82) is 0 Å². The molecule has 2 nitrogen and oxygen atoms in total. The SMILES string of the molecule is C=C([C@@H](N)C1CCC(C)CC1)N(C)C1CCC1. The molecule has 0 aromatic carbocycles. The van der Waals surface area contributed by atoms with Crippen LogP contribution in [0.15, 0.2) is 12.3 Å². The monoisotopic (exact) mass is 236 g/mol. The molecule has 98 valence electrons. The van der Waals surface area contributed by atoms with E-state index in [-0.39, 0.29) is 6.04 Å². The molecule has 2 saturated carbocycles. The van der Waals surface area contributed by atoms with E-state index in [9.17, 15) is 0 Å². The summed E-state index contributed by atoms with van der Waals surface area (Å²) in [6.07, 6.45) is 9.30. The van der Waals surface area contributed by atoms with Gasteiger partial charge in [-0.2, -0.15) is 0 Å². The zero-order chi connectivity index (χ0) is 12.4. The van der Waals surface area contributed by atoms with Gasteiger partial charge in [-0.25, -0.2) is 0 Å². The Balaban J connectivity index is 1.85. The van der Waals surface area contributed by atoms with Crippen molar-refractivity contribution in [3.8, 4) is 0 Å². The molecule has 0 aromatic heterocycles. The topological polar surface area (TPSA) is 29.3 Å². The third-order valence-electron chi connectivity index (χ3n) is 5.03. The van der Waals surface area contributed by atoms with Crippen LogP contribution in [-0.2, 0) is 0 Å². The summed E-state index contributed by atoms with van der Waals surface area (Å²) in [5.74, 6) is 1.57. The summed E-state index contributed by atoms with van der Waals surface area (Å²) in [4.78, 5) is 2.35. The highest BCUT2D eigenvalue weighted by Gasteiger charge is 2.30. The summed E-state index contributed by atoms with van der Waals surface area (Å²) in [5, 5.41) is 0. The van der Waals surface area contributed by atoms with Crippen LogP contribution in [0, 0.1) is 11.8 Å². The predicted octanol–water partition coefficient (Wildman–Crippen LogP) is 3.14. The van der Waals surface area contributed by atoms with Gasteiger partial charge in [-0.1, -0.05) is 26.3 Å². The van der Waals surface area contributed by atoms with Gasteiger partial charge in [0.1, 0.15) is 0 Å². The van der Waals surface area contributed by atoms with Gasteiger partial charge in [-0.05, 0) is 43.9 Å². The van der Waals surface area contributed by atoms with Crippen LogP contribution in [0.3, 0.4) is 0 Å². The van der Waals surface area contributed by atoms with Crippen LogP contribution in [0.4, 0.5) is 0 Å². The minimum absolute atomic E-state index is 0.188. The summed E-state index contributed by atoms with van der Waals surface area (Å²) in [5.41, 5.74) is 7.59. The molecule has 2 aliphatic rings. The van der Waals surface area contributed by atoms with Gasteiger partial charge in [0, 0.05) is 24.8 Å². The maximum atomic E-state index is 6.41. The van der Waals surface area contributed by atoms with E-state index < -0.39 is 0 Å². The molecule has 2 fully saturated rings. The molecule has 1 atom stereocenters. The lowest BCUT2D eigenvalue weighted by Gasteiger charge is -2.41. The fourth-order valence-corrected chi connectivity index (χ4v) is 3.16. The largest absolute Gasteiger partial charge is 0.374 e. The molecule has 2 rings (SSSR count). The smallest absolute Gasteiger partial charge is 0.0469 e. The van der Waals surface area contributed by atoms with Crippen molar-refractivity contribution in [2.45, 2.75) is 64.0 Å². The van der Waals surface area contributed by atoms with Gasteiger partial charge in [-0.15, -0.1) is 0 Å². The molecule has 0 radical (unpaired) electrons. The van der Waals surface area contributed by atoms with Gasteiger partial charge in [-0.3, -0.25) is 0 Å². The van der Waals surface area contributed by atoms with Gasteiger partial charge in [0.15, 0.2) is 0 Å². The summed E-state index contributed by atoms with van der Waals surface area (Å²) >= 11 is 0. The van der Waals surface area contributed by atoms with E-state index >= 15 is 0 Å². The highest BCUT2D eigenvalue weighted by atomic mass is 15.2. The van der Waals surface area contributed by atoms with Crippen LogP contribution in [0.5, 0.6) is 0 Å². The zero-order valence-corrected chi connectivity index (χ0v) is 11.5. The lowest BCUT2D eigenvalue weighted by Crippen LogP contribution is -2.45. The first-order valence-electron chi connectivity index (χ1n) is 7.26. The van der Waals surface area contributed by atoms with Crippen molar-refractivity contribution in [3.05, 3.63) is 12.3 Å². The summed E-state index contributed by atoms with van der Waals surface area (Å²) in [6, 6.07) is 0.907. The Labute approximate surface area is 106 Å². The molecule has 2 heteroatoms. The third-order valence-corrected chi connectivity index (χ3v) is 5.03. The second-order valence-electron chi connectivity index (χ2n) is 6.23. The average Bonchev–Trinajstić information content (AvgIpc) is 2.25. The molecular weight excluding hydrogens is 208 g/mol. The standard InChI is InChI=1S/C15H28N2/c1-11-7-9-13(10-8-11)15(16)12(2)17(3)14-5-4-6-14/h11,13-15H,2,4-10,16H2,1,3H3/t11?,13?,15-/m1/s1. The van der Waals surface area contributed by atoms with Crippen molar-refractivity contribution in [2.75, 3.05) is 7.05 Å². The third kappa shape index (κ3) is 2.85. The Bertz CT molecular complexity index is 262. The molecular formula is C15H28N2. The molecule has 0 aromatic rings. The number of likely N-dealkylation sites (N-methyl/N-ethyl adjacent to an activating group) is 1. The summed E-state index contributed by atoms with van der Waals surface area (Å²) < 4.78 is 0. The van der Waals surface area contributed by atoms with Crippen LogP contribution < -0.4 is 5.73 Å².